The lowest BCUT2D eigenvalue weighted by molar-refractivity contribution is -0.136. The maximum Gasteiger partial charge on any atom is 0.251 e. The molecule has 0 saturated carbocycles. The molecule has 1 atom stereocenters. The molecule has 0 radical (unpaired) electrons. The molecule has 1 fully saturated rings. The molecule has 3 amide bonds. The Kier molecular flexibility index (Phi) is 10.4. The third kappa shape index (κ3) is 6.52. The van der Waals surface area contributed by atoms with Gasteiger partial charge in [-0.2, -0.15) is 0 Å². The Hall–Kier alpha value is -2.17. The van der Waals surface area contributed by atoms with Gasteiger partial charge in [-0.25, -0.2) is 0 Å². The zero-order chi connectivity index (χ0) is 17.0. The fourth-order valence-electron chi connectivity index (χ4n) is 1.80. The van der Waals surface area contributed by atoms with Crippen molar-refractivity contribution in [2.24, 2.45) is 0 Å². The molecule has 0 aromatic heterocycles. The summed E-state index contributed by atoms with van der Waals surface area (Å²) in [5.41, 5.74) is 0.508. The number of nitrogens with one attached hydrogen (secondary N) is 2. The maximum absolute atomic E-state index is 11.9. The number of hydrogen-bond donors (Lipinski definition) is 2. The lowest BCUT2D eigenvalue weighted by Crippen LogP contribution is -2.52. The molecular weight excluding hydrogens is 280 g/mol. The van der Waals surface area contributed by atoms with E-state index in [0.717, 1.165) is 6.42 Å². The Bertz CT molecular complexity index is 486. The van der Waals surface area contributed by atoms with Crippen LogP contribution in [0.4, 0.5) is 0 Å². The van der Waals surface area contributed by atoms with Crippen molar-refractivity contribution in [2.75, 3.05) is 0 Å². The van der Waals surface area contributed by atoms with Crippen LogP contribution in [0.15, 0.2) is 36.0 Å². The fourth-order valence-corrected chi connectivity index (χ4v) is 1.80. The van der Waals surface area contributed by atoms with E-state index in [1.165, 1.54) is 0 Å². The van der Waals surface area contributed by atoms with Crippen molar-refractivity contribution >= 4 is 17.7 Å². The molecule has 2 aliphatic rings. The maximum atomic E-state index is 11.9. The Labute approximate surface area is 135 Å². The number of amides is 3. The molecular formula is C17H30N2O3. The summed E-state index contributed by atoms with van der Waals surface area (Å²) in [7, 11) is 0. The van der Waals surface area contributed by atoms with Crippen molar-refractivity contribution in [3.63, 3.8) is 0 Å². The van der Waals surface area contributed by atoms with Crippen LogP contribution in [0, 0.1) is 0 Å². The first-order valence-electron chi connectivity index (χ1n) is 7.85. The van der Waals surface area contributed by atoms with Gasteiger partial charge in [0.15, 0.2) is 0 Å². The summed E-state index contributed by atoms with van der Waals surface area (Å²) in [5, 5.41) is 4.84. The highest BCUT2D eigenvalue weighted by molar-refractivity contribution is 6.04. The third-order valence-corrected chi connectivity index (χ3v) is 2.79. The van der Waals surface area contributed by atoms with Crippen molar-refractivity contribution < 1.29 is 17.2 Å². The summed E-state index contributed by atoms with van der Waals surface area (Å²) in [5.74, 6) is -1.03. The molecule has 1 aliphatic carbocycles. The lowest BCUT2D eigenvalue weighted by Gasteiger charge is -2.21. The van der Waals surface area contributed by atoms with E-state index in [1.807, 2.05) is 39.8 Å². The number of imide groups is 1. The largest absolute Gasteiger partial charge is 0.340 e. The summed E-state index contributed by atoms with van der Waals surface area (Å²) in [6, 6.07) is -0.628. The number of rotatable bonds is 2. The van der Waals surface area contributed by atoms with Crippen molar-refractivity contribution in [3.8, 4) is 0 Å². The normalized spacial score (nSPS) is 19.5. The van der Waals surface area contributed by atoms with Crippen LogP contribution in [0.25, 0.3) is 0 Å². The van der Waals surface area contributed by atoms with E-state index in [2.05, 4.69) is 10.6 Å². The van der Waals surface area contributed by atoms with E-state index in [-0.39, 0.29) is 21.1 Å². The summed E-state index contributed by atoms with van der Waals surface area (Å²) < 4.78 is 0. The average molecular weight is 310 g/mol. The Morgan fingerprint density at radius 2 is 1.91 bits per heavy atom. The summed E-state index contributed by atoms with van der Waals surface area (Å²) >= 11 is 0. The van der Waals surface area contributed by atoms with E-state index in [4.69, 9.17) is 0 Å². The van der Waals surface area contributed by atoms with Crippen molar-refractivity contribution in [3.05, 3.63) is 36.0 Å². The van der Waals surface area contributed by atoms with E-state index in [1.54, 1.807) is 18.2 Å². The topological polar surface area (TPSA) is 75.3 Å². The predicted molar refractivity (Wildman–Crippen MR) is 92.2 cm³/mol. The van der Waals surface area contributed by atoms with Crippen molar-refractivity contribution in [2.45, 2.75) is 53.0 Å². The highest BCUT2D eigenvalue weighted by Crippen LogP contribution is 2.08. The van der Waals surface area contributed by atoms with Crippen molar-refractivity contribution in [1.29, 1.82) is 0 Å². The molecule has 5 nitrogen and oxygen atoms in total. The third-order valence-electron chi connectivity index (χ3n) is 2.79. The average Bonchev–Trinajstić information content (AvgIpc) is 2.83. The highest BCUT2D eigenvalue weighted by Gasteiger charge is 2.28. The summed E-state index contributed by atoms with van der Waals surface area (Å²) in [4.78, 5) is 34.4. The molecule has 126 valence electrons. The molecule has 0 spiro atoms. The Morgan fingerprint density at radius 1 is 1.23 bits per heavy atom. The molecule has 2 N–H and O–H groups in total. The second-order valence-electron chi connectivity index (χ2n) is 4.17. The number of piperidine rings is 1. The van der Waals surface area contributed by atoms with Gasteiger partial charge < -0.3 is 5.32 Å². The first-order chi connectivity index (χ1) is 10.7. The number of allylic oxidation sites excluding steroid dienone is 4. The van der Waals surface area contributed by atoms with Gasteiger partial charge in [0.1, 0.15) is 6.04 Å². The highest BCUT2D eigenvalue weighted by atomic mass is 16.2. The van der Waals surface area contributed by atoms with E-state index < -0.39 is 11.9 Å². The first-order valence-corrected chi connectivity index (χ1v) is 7.85. The number of carbonyl (C=O) groups is 3. The van der Waals surface area contributed by atoms with Gasteiger partial charge in [0.05, 0.1) is 0 Å². The monoisotopic (exact) mass is 310 g/mol. The van der Waals surface area contributed by atoms with Crippen LogP contribution in [0.3, 0.4) is 0 Å². The number of hydrogen-bond acceptors (Lipinski definition) is 3. The quantitative estimate of drug-likeness (QED) is 0.770. The zero-order valence-electron chi connectivity index (χ0n) is 13.8. The number of carbonyl (C=O) groups excluding carboxylic acids is 3. The zero-order valence-corrected chi connectivity index (χ0v) is 13.8. The van der Waals surface area contributed by atoms with E-state index in [9.17, 15) is 14.4 Å². The smallest absolute Gasteiger partial charge is 0.251 e. The molecule has 1 heterocycles. The molecule has 5 heteroatoms. The molecule has 0 aromatic carbocycles. The molecule has 22 heavy (non-hydrogen) atoms. The van der Waals surface area contributed by atoms with Crippen LogP contribution in [-0.4, -0.2) is 23.8 Å². The van der Waals surface area contributed by atoms with Gasteiger partial charge >= 0.3 is 0 Å². The fraction of sp³-hybridized carbons (Fsp3) is 0.471. The Balaban J connectivity index is -0.000000684. The molecule has 0 aromatic rings. The van der Waals surface area contributed by atoms with Gasteiger partial charge in [0.25, 0.3) is 5.91 Å². The van der Waals surface area contributed by atoms with Crippen LogP contribution in [0.1, 0.15) is 49.8 Å². The predicted octanol–water partition coefficient (Wildman–Crippen LogP) is 2.89. The second-order valence-corrected chi connectivity index (χ2v) is 4.17. The van der Waals surface area contributed by atoms with Crippen LogP contribution in [0.5, 0.6) is 0 Å². The van der Waals surface area contributed by atoms with Gasteiger partial charge in [-0.3, -0.25) is 19.7 Å². The minimum Gasteiger partial charge on any atom is -0.340 e. The van der Waals surface area contributed by atoms with Gasteiger partial charge in [0, 0.05) is 14.8 Å². The molecule has 1 saturated heterocycles. The lowest BCUT2D eigenvalue weighted by atomic mass is 10.1. The van der Waals surface area contributed by atoms with E-state index in [0.29, 0.717) is 12.0 Å². The minimum absolute atomic E-state index is 0. The molecule has 2 rings (SSSR count). The van der Waals surface area contributed by atoms with Gasteiger partial charge in [-0.05, 0) is 18.9 Å². The second kappa shape index (κ2) is 11.5. The van der Waals surface area contributed by atoms with E-state index >= 15 is 0 Å². The van der Waals surface area contributed by atoms with Crippen LogP contribution in [0.2, 0.25) is 0 Å². The van der Waals surface area contributed by atoms with Crippen LogP contribution in [-0.2, 0) is 14.4 Å². The van der Waals surface area contributed by atoms with Crippen LogP contribution >= 0.6 is 0 Å². The standard InChI is InChI=1S/C13H14N2O3.2C2H6.2H2/c16-11-8-7-10(13(18)15-11)14-12(17)9-5-3-1-2-4-6-9;2*1-2;;/h1,3-6,10H,2,7-8H2,(H,14,17)(H,15,16,18);2*1-2H3;2*1H. The first kappa shape index (κ1) is 19.8. The summed E-state index contributed by atoms with van der Waals surface area (Å²) in [6.45, 7) is 8.00. The SMILES string of the molecule is CC.CC.O=C1CCC(NC(=O)C2=CC=CCC=C2)C(=O)N1.[HH].[HH]. The van der Waals surface area contributed by atoms with Gasteiger partial charge in [-0.15, -0.1) is 0 Å². The minimum atomic E-state index is -0.628. The van der Waals surface area contributed by atoms with Gasteiger partial charge in [-0.1, -0.05) is 52.0 Å². The van der Waals surface area contributed by atoms with Gasteiger partial charge in [0.2, 0.25) is 11.8 Å². The summed E-state index contributed by atoms with van der Waals surface area (Å²) in [6.07, 6.45) is 10.4. The van der Waals surface area contributed by atoms with Crippen molar-refractivity contribution in [1.82, 2.24) is 10.6 Å². The molecule has 1 unspecified atom stereocenters. The molecule has 0 bridgehead atoms. The van der Waals surface area contributed by atoms with Crippen LogP contribution < -0.4 is 10.6 Å². The Morgan fingerprint density at radius 3 is 2.55 bits per heavy atom. The molecule has 1 aliphatic heterocycles.